The van der Waals surface area contributed by atoms with Gasteiger partial charge >= 0.3 is 0 Å². The standard InChI is InChI=1S/C13H15N3O/c1-17-13-12(7-4-8-15-13)16-9-10-5-2-3-6-11(10)14/h2-8,16H,9,14H2,1H3. The van der Waals surface area contributed by atoms with E-state index < -0.39 is 0 Å². The largest absolute Gasteiger partial charge is 0.480 e. The highest BCUT2D eigenvalue weighted by Gasteiger charge is 2.03. The number of nitrogens with two attached hydrogens (primary N) is 1. The predicted octanol–water partition coefficient (Wildman–Crippen LogP) is 2.28. The van der Waals surface area contributed by atoms with Crippen LogP contribution in [0.15, 0.2) is 42.6 Å². The van der Waals surface area contributed by atoms with E-state index in [1.54, 1.807) is 13.3 Å². The molecular weight excluding hydrogens is 214 g/mol. The number of rotatable bonds is 4. The molecule has 4 nitrogen and oxygen atoms in total. The fourth-order valence-corrected chi connectivity index (χ4v) is 1.57. The van der Waals surface area contributed by atoms with E-state index in [1.807, 2.05) is 36.4 Å². The van der Waals surface area contributed by atoms with Crippen LogP contribution in [0.1, 0.15) is 5.56 Å². The summed E-state index contributed by atoms with van der Waals surface area (Å²) in [6, 6.07) is 11.5. The maximum atomic E-state index is 5.87. The molecule has 4 heteroatoms. The first-order valence-electron chi connectivity index (χ1n) is 5.37. The zero-order valence-corrected chi connectivity index (χ0v) is 9.68. The zero-order chi connectivity index (χ0) is 12.1. The lowest BCUT2D eigenvalue weighted by Crippen LogP contribution is -2.04. The van der Waals surface area contributed by atoms with Crippen LogP contribution in [0, 0.1) is 0 Å². The molecule has 88 valence electrons. The van der Waals surface area contributed by atoms with Crippen LogP contribution in [-0.4, -0.2) is 12.1 Å². The number of ether oxygens (including phenoxy) is 1. The lowest BCUT2D eigenvalue weighted by molar-refractivity contribution is 0.399. The van der Waals surface area contributed by atoms with Gasteiger partial charge in [-0.1, -0.05) is 18.2 Å². The molecular formula is C13H15N3O. The van der Waals surface area contributed by atoms with Crippen molar-refractivity contribution in [3.8, 4) is 5.88 Å². The van der Waals surface area contributed by atoms with Crippen LogP contribution >= 0.6 is 0 Å². The second-order valence-corrected chi connectivity index (χ2v) is 3.61. The molecule has 1 aromatic carbocycles. The topological polar surface area (TPSA) is 60.2 Å². The van der Waals surface area contributed by atoms with E-state index in [2.05, 4.69) is 10.3 Å². The van der Waals surface area contributed by atoms with Gasteiger partial charge < -0.3 is 15.8 Å². The minimum atomic E-state index is 0.585. The molecule has 0 radical (unpaired) electrons. The molecule has 1 heterocycles. The van der Waals surface area contributed by atoms with Crippen molar-refractivity contribution in [1.29, 1.82) is 0 Å². The summed E-state index contributed by atoms with van der Waals surface area (Å²) in [5.74, 6) is 0.585. The molecule has 17 heavy (non-hydrogen) atoms. The van der Waals surface area contributed by atoms with Crippen LogP contribution in [0.4, 0.5) is 11.4 Å². The van der Waals surface area contributed by atoms with Gasteiger partial charge in [0.2, 0.25) is 5.88 Å². The Bertz CT molecular complexity index is 500. The van der Waals surface area contributed by atoms with Gasteiger partial charge in [-0.15, -0.1) is 0 Å². The summed E-state index contributed by atoms with van der Waals surface area (Å²) < 4.78 is 5.16. The molecule has 1 aromatic heterocycles. The molecule has 0 fully saturated rings. The summed E-state index contributed by atoms with van der Waals surface area (Å²) in [4.78, 5) is 4.12. The van der Waals surface area contributed by atoms with Crippen molar-refractivity contribution in [3.63, 3.8) is 0 Å². The Morgan fingerprint density at radius 2 is 2.06 bits per heavy atom. The van der Waals surface area contributed by atoms with E-state index in [-0.39, 0.29) is 0 Å². The summed E-state index contributed by atoms with van der Waals surface area (Å²) in [7, 11) is 1.60. The normalized spacial score (nSPS) is 9.94. The summed E-state index contributed by atoms with van der Waals surface area (Å²) in [6.45, 7) is 0.648. The Morgan fingerprint density at radius 1 is 1.24 bits per heavy atom. The molecule has 0 aliphatic heterocycles. The molecule has 0 atom stereocenters. The van der Waals surface area contributed by atoms with Gasteiger partial charge in [0.1, 0.15) is 0 Å². The van der Waals surface area contributed by atoms with Crippen LogP contribution in [0.25, 0.3) is 0 Å². The Kier molecular flexibility index (Phi) is 3.45. The number of nitrogens with zero attached hydrogens (tertiary/aromatic N) is 1. The van der Waals surface area contributed by atoms with Gasteiger partial charge in [-0.2, -0.15) is 0 Å². The summed E-state index contributed by atoms with van der Waals surface area (Å²) in [6.07, 6.45) is 1.70. The minimum Gasteiger partial charge on any atom is -0.480 e. The highest BCUT2D eigenvalue weighted by molar-refractivity contribution is 5.54. The number of nitrogen functional groups attached to an aromatic ring is 1. The Hall–Kier alpha value is -2.23. The zero-order valence-electron chi connectivity index (χ0n) is 9.68. The van der Waals surface area contributed by atoms with Gasteiger partial charge in [-0.25, -0.2) is 4.98 Å². The fraction of sp³-hybridized carbons (Fsp3) is 0.154. The van der Waals surface area contributed by atoms with Gasteiger partial charge in [0.05, 0.1) is 12.8 Å². The highest BCUT2D eigenvalue weighted by atomic mass is 16.5. The molecule has 2 rings (SSSR count). The minimum absolute atomic E-state index is 0.585. The Balaban J connectivity index is 2.10. The van der Waals surface area contributed by atoms with Crippen molar-refractivity contribution in [2.45, 2.75) is 6.54 Å². The van der Waals surface area contributed by atoms with E-state index in [4.69, 9.17) is 10.5 Å². The quantitative estimate of drug-likeness (QED) is 0.790. The van der Waals surface area contributed by atoms with Crippen molar-refractivity contribution in [2.75, 3.05) is 18.2 Å². The van der Waals surface area contributed by atoms with Crippen molar-refractivity contribution in [3.05, 3.63) is 48.2 Å². The van der Waals surface area contributed by atoms with Gasteiger partial charge in [-0.3, -0.25) is 0 Å². The van der Waals surface area contributed by atoms with Crippen molar-refractivity contribution >= 4 is 11.4 Å². The number of hydrogen-bond donors (Lipinski definition) is 2. The fourth-order valence-electron chi connectivity index (χ4n) is 1.57. The lowest BCUT2D eigenvalue weighted by Gasteiger charge is -2.10. The van der Waals surface area contributed by atoms with Crippen LogP contribution in [0.5, 0.6) is 5.88 Å². The first-order valence-corrected chi connectivity index (χ1v) is 5.37. The maximum absolute atomic E-state index is 5.87. The Morgan fingerprint density at radius 3 is 2.82 bits per heavy atom. The average molecular weight is 229 g/mol. The number of para-hydroxylation sites is 1. The maximum Gasteiger partial charge on any atom is 0.237 e. The molecule has 0 aliphatic rings. The smallest absolute Gasteiger partial charge is 0.237 e. The van der Waals surface area contributed by atoms with Gasteiger partial charge in [-0.05, 0) is 23.8 Å². The van der Waals surface area contributed by atoms with Gasteiger partial charge in [0, 0.05) is 18.4 Å². The third-order valence-corrected chi connectivity index (χ3v) is 2.49. The third kappa shape index (κ3) is 2.66. The van der Waals surface area contributed by atoms with Crippen LogP contribution in [0.3, 0.4) is 0 Å². The summed E-state index contributed by atoms with van der Waals surface area (Å²) >= 11 is 0. The first kappa shape index (κ1) is 11.3. The van der Waals surface area contributed by atoms with Crippen LogP contribution in [-0.2, 0) is 6.54 Å². The first-order chi connectivity index (χ1) is 8.31. The van der Waals surface area contributed by atoms with E-state index in [1.165, 1.54) is 0 Å². The molecule has 0 spiro atoms. The molecule has 2 aromatic rings. The average Bonchev–Trinajstić information content (AvgIpc) is 2.38. The van der Waals surface area contributed by atoms with Gasteiger partial charge in [0.25, 0.3) is 0 Å². The number of pyridine rings is 1. The number of methoxy groups -OCH3 is 1. The molecule has 0 amide bonds. The SMILES string of the molecule is COc1ncccc1NCc1ccccc1N. The van der Waals surface area contributed by atoms with E-state index in [0.29, 0.717) is 12.4 Å². The van der Waals surface area contributed by atoms with Gasteiger partial charge in [0.15, 0.2) is 0 Å². The molecule has 0 aliphatic carbocycles. The molecule has 0 saturated carbocycles. The molecule has 0 unspecified atom stereocenters. The van der Waals surface area contributed by atoms with Crippen LogP contribution < -0.4 is 15.8 Å². The third-order valence-electron chi connectivity index (χ3n) is 2.49. The summed E-state index contributed by atoms with van der Waals surface area (Å²) in [5, 5.41) is 3.25. The van der Waals surface area contributed by atoms with Crippen molar-refractivity contribution in [1.82, 2.24) is 4.98 Å². The van der Waals surface area contributed by atoms with E-state index in [9.17, 15) is 0 Å². The number of nitrogens with one attached hydrogen (secondary N) is 1. The second kappa shape index (κ2) is 5.21. The number of aromatic nitrogens is 1. The van der Waals surface area contributed by atoms with Crippen molar-refractivity contribution in [2.24, 2.45) is 0 Å². The van der Waals surface area contributed by atoms with Crippen molar-refractivity contribution < 1.29 is 4.74 Å². The molecule has 0 saturated heterocycles. The van der Waals surface area contributed by atoms with Crippen LogP contribution in [0.2, 0.25) is 0 Å². The van der Waals surface area contributed by atoms with E-state index in [0.717, 1.165) is 16.9 Å². The Labute approximate surface area is 100 Å². The lowest BCUT2D eigenvalue weighted by atomic mass is 10.2. The predicted molar refractivity (Wildman–Crippen MR) is 69.0 cm³/mol. The molecule has 0 bridgehead atoms. The number of anilines is 2. The van der Waals surface area contributed by atoms with E-state index >= 15 is 0 Å². The molecule has 3 N–H and O–H groups in total. The highest BCUT2D eigenvalue weighted by Crippen LogP contribution is 2.21. The summed E-state index contributed by atoms with van der Waals surface area (Å²) in [5.41, 5.74) is 8.56. The number of hydrogen-bond acceptors (Lipinski definition) is 4. The second-order valence-electron chi connectivity index (χ2n) is 3.61. The monoisotopic (exact) mass is 229 g/mol. The number of benzene rings is 1.